The van der Waals surface area contributed by atoms with Crippen LogP contribution in [-0.4, -0.2) is 18.0 Å². The first kappa shape index (κ1) is 15.3. The van der Waals surface area contributed by atoms with E-state index in [2.05, 4.69) is 4.74 Å². The number of nitro groups is 1. The van der Waals surface area contributed by atoms with Gasteiger partial charge in [0.1, 0.15) is 22.8 Å². The Morgan fingerprint density at radius 3 is 2.54 bits per heavy atom. The molecule has 24 heavy (non-hydrogen) atoms. The average Bonchev–Trinajstić information content (AvgIpc) is 2.97. The van der Waals surface area contributed by atoms with E-state index in [4.69, 9.17) is 14.9 Å². The van der Waals surface area contributed by atoms with Crippen LogP contribution in [-0.2, 0) is 4.74 Å². The third kappa shape index (κ3) is 2.84. The first-order chi connectivity index (χ1) is 11.5. The molecule has 0 saturated carbocycles. The van der Waals surface area contributed by atoms with Crippen LogP contribution in [0.2, 0.25) is 0 Å². The van der Waals surface area contributed by atoms with Crippen LogP contribution in [0, 0.1) is 10.1 Å². The fourth-order valence-electron chi connectivity index (χ4n) is 2.17. The van der Waals surface area contributed by atoms with Crippen LogP contribution in [0.15, 0.2) is 46.9 Å². The van der Waals surface area contributed by atoms with Gasteiger partial charge in [-0.1, -0.05) is 0 Å². The molecule has 122 valence electrons. The minimum absolute atomic E-state index is 0.00422. The molecule has 1 aromatic heterocycles. The maximum atomic E-state index is 11.5. The Balaban J connectivity index is 1.88. The zero-order chi connectivity index (χ0) is 17.3. The molecule has 0 amide bonds. The summed E-state index contributed by atoms with van der Waals surface area (Å²) in [6.07, 6.45) is 0. The molecular formula is C16H12N2O6. The van der Waals surface area contributed by atoms with E-state index >= 15 is 0 Å². The number of hydrogen-bond donors (Lipinski definition) is 1. The summed E-state index contributed by atoms with van der Waals surface area (Å²) in [5, 5.41) is 11.5. The van der Waals surface area contributed by atoms with Crippen LogP contribution in [0.4, 0.5) is 11.4 Å². The summed E-state index contributed by atoms with van der Waals surface area (Å²) in [4.78, 5) is 21.7. The molecule has 8 nitrogen and oxygen atoms in total. The molecule has 0 aliphatic heterocycles. The van der Waals surface area contributed by atoms with E-state index in [1.54, 1.807) is 24.3 Å². The fraction of sp³-hybridized carbons (Fsp3) is 0.0625. The molecule has 0 radical (unpaired) electrons. The minimum atomic E-state index is -0.572. The van der Waals surface area contributed by atoms with Gasteiger partial charge in [-0.3, -0.25) is 10.1 Å². The maximum absolute atomic E-state index is 11.5. The molecular weight excluding hydrogens is 316 g/mol. The molecule has 3 aromatic rings. The predicted octanol–water partition coefficient (Wildman–Crippen LogP) is 3.50. The second-order valence-corrected chi connectivity index (χ2v) is 4.88. The molecule has 0 saturated heterocycles. The molecule has 0 aliphatic carbocycles. The number of carbonyl (C=O) groups is 1. The summed E-state index contributed by atoms with van der Waals surface area (Å²) < 4.78 is 15.6. The Bertz CT molecular complexity index is 947. The van der Waals surface area contributed by atoms with Crippen LogP contribution >= 0.6 is 0 Å². The van der Waals surface area contributed by atoms with Gasteiger partial charge in [0.15, 0.2) is 0 Å². The van der Waals surface area contributed by atoms with Gasteiger partial charge in [-0.15, -0.1) is 0 Å². The van der Waals surface area contributed by atoms with E-state index in [0.29, 0.717) is 22.5 Å². The lowest BCUT2D eigenvalue weighted by Gasteiger charge is -2.06. The van der Waals surface area contributed by atoms with Crippen molar-refractivity contribution in [2.75, 3.05) is 12.8 Å². The Morgan fingerprint density at radius 1 is 1.17 bits per heavy atom. The summed E-state index contributed by atoms with van der Waals surface area (Å²) in [5.41, 5.74) is 5.89. The Morgan fingerprint density at radius 2 is 1.88 bits per heavy atom. The molecule has 0 spiro atoms. The third-order valence-corrected chi connectivity index (χ3v) is 3.31. The molecule has 1 heterocycles. The number of rotatable bonds is 4. The molecule has 0 aliphatic rings. The summed E-state index contributed by atoms with van der Waals surface area (Å²) in [5.74, 6) is 0.291. The summed E-state index contributed by atoms with van der Waals surface area (Å²) in [6, 6.07) is 10.6. The number of furan rings is 1. The van der Waals surface area contributed by atoms with Crippen molar-refractivity contribution in [2.45, 2.75) is 0 Å². The monoisotopic (exact) mass is 328 g/mol. The largest absolute Gasteiger partial charge is 0.463 e. The number of benzene rings is 2. The number of esters is 1. The van der Waals surface area contributed by atoms with Gasteiger partial charge in [0.2, 0.25) is 5.76 Å². The highest BCUT2D eigenvalue weighted by molar-refractivity contribution is 5.92. The van der Waals surface area contributed by atoms with E-state index < -0.39 is 10.9 Å². The standard InChI is InChI=1S/C16H12N2O6/c1-22-16(19)15-6-9-2-3-11(8-14(9)24-15)23-10-4-5-13(18(20)21)12(17)7-10/h2-8H,17H2,1H3. The maximum Gasteiger partial charge on any atom is 0.373 e. The topological polar surface area (TPSA) is 118 Å². The second-order valence-electron chi connectivity index (χ2n) is 4.88. The van der Waals surface area contributed by atoms with E-state index in [0.717, 1.165) is 0 Å². The number of methoxy groups -OCH3 is 1. The van der Waals surface area contributed by atoms with Crippen molar-refractivity contribution in [3.63, 3.8) is 0 Å². The first-order valence-corrected chi connectivity index (χ1v) is 6.81. The van der Waals surface area contributed by atoms with Gasteiger partial charge in [0.25, 0.3) is 5.69 Å². The van der Waals surface area contributed by atoms with Crippen molar-refractivity contribution in [3.05, 3.63) is 58.3 Å². The highest BCUT2D eigenvalue weighted by Crippen LogP contribution is 2.31. The average molecular weight is 328 g/mol. The molecule has 2 N–H and O–H groups in total. The van der Waals surface area contributed by atoms with Crippen molar-refractivity contribution in [1.29, 1.82) is 0 Å². The number of fused-ring (bicyclic) bond motifs is 1. The molecule has 3 rings (SSSR count). The number of ether oxygens (including phenoxy) is 2. The zero-order valence-electron chi connectivity index (χ0n) is 12.5. The van der Waals surface area contributed by atoms with E-state index in [1.807, 2.05) is 0 Å². The van der Waals surface area contributed by atoms with Gasteiger partial charge >= 0.3 is 5.97 Å². The van der Waals surface area contributed by atoms with Crippen molar-refractivity contribution in [2.24, 2.45) is 0 Å². The van der Waals surface area contributed by atoms with Gasteiger partial charge in [-0.05, 0) is 24.3 Å². The molecule has 8 heteroatoms. The van der Waals surface area contributed by atoms with Crippen molar-refractivity contribution in [1.82, 2.24) is 0 Å². The number of nitrogens with two attached hydrogens (primary N) is 1. The molecule has 0 bridgehead atoms. The van der Waals surface area contributed by atoms with E-state index in [-0.39, 0.29) is 17.1 Å². The molecule has 2 aromatic carbocycles. The number of nitrogens with zero attached hydrogens (tertiary/aromatic N) is 1. The lowest BCUT2D eigenvalue weighted by Crippen LogP contribution is -1.97. The number of nitrogen functional groups attached to an aromatic ring is 1. The fourth-order valence-corrected chi connectivity index (χ4v) is 2.17. The van der Waals surface area contributed by atoms with Crippen LogP contribution in [0.1, 0.15) is 10.6 Å². The van der Waals surface area contributed by atoms with Gasteiger partial charge < -0.3 is 19.6 Å². The highest BCUT2D eigenvalue weighted by Gasteiger charge is 2.14. The van der Waals surface area contributed by atoms with Gasteiger partial charge in [-0.25, -0.2) is 4.79 Å². The Labute approximate surface area is 135 Å². The van der Waals surface area contributed by atoms with Crippen LogP contribution in [0.5, 0.6) is 11.5 Å². The normalized spacial score (nSPS) is 10.5. The number of carbonyl (C=O) groups excluding carboxylic acids is 1. The van der Waals surface area contributed by atoms with E-state index in [9.17, 15) is 14.9 Å². The van der Waals surface area contributed by atoms with Crippen LogP contribution in [0.3, 0.4) is 0 Å². The molecule has 0 atom stereocenters. The van der Waals surface area contributed by atoms with Crippen molar-refractivity contribution >= 4 is 28.3 Å². The molecule has 0 unspecified atom stereocenters. The SMILES string of the molecule is COC(=O)c1cc2ccc(Oc3ccc([N+](=O)[O-])c(N)c3)cc2o1. The number of hydrogen-bond acceptors (Lipinski definition) is 7. The van der Waals surface area contributed by atoms with Crippen molar-refractivity contribution < 1.29 is 23.6 Å². The molecule has 0 fully saturated rings. The number of nitro benzene ring substituents is 1. The first-order valence-electron chi connectivity index (χ1n) is 6.81. The van der Waals surface area contributed by atoms with E-state index in [1.165, 1.54) is 25.3 Å². The van der Waals surface area contributed by atoms with Crippen LogP contribution < -0.4 is 10.5 Å². The van der Waals surface area contributed by atoms with Gasteiger partial charge in [0, 0.05) is 23.6 Å². The predicted molar refractivity (Wildman–Crippen MR) is 85.1 cm³/mol. The second kappa shape index (κ2) is 5.92. The quantitative estimate of drug-likeness (QED) is 0.337. The van der Waals surface area contributed by atoms with Crippen LogP contribution in [0.25, 0.3) is 11.0 Å². The van der Waals surface area contributed by atoms with Gasteiger partial charge in [0.05, 0.1) is 12.0 Å². The summed E-state index contributed by atoms with van der Waals surface area (Å²) in [6.45, 7) is 0. The summed E-state index contributed by atoms with van der Waals surface area (Å²) in [7, 11) is 1.27. The Kier molecular flexibility index (Phi) is 3.78. The highest BCUT2D eigenvalue weighted by atomic mass is 16.6. The minimum Gasteiger partial charge on any atom is -0.463 e. The zero-order valence-corrected chi connectivity index (χ0v) is 12.5. The lowest BCUT2D eigenvalue weighted by molar-refractivity contribution is -0.383. The van der Waals surface area contributed by atoms with Gasteiger partial charge in [-0.2, -0.15) is 0 Å². The lowest BCUT2D eigenvalue weighted by atomic mass is 10.2. The number of anilines is 1. The summed E-state index contributed by atoms with van der Waals surface area (Å²) >= 11 is 0. The Hall–Kier alpha value is -3.55. The third-order valence-electron chi connectivity index (χ3n) is 3.31. The smallest absolute Gasteiger partial charge is 0.373 e. The van der Waals surface area contributed by atoms with Crippen molar-refractivity contribution in [3.8, 4) is 11.5 Å².